The van der Waals surface area contributed by atoms with Crippen molar-refractivity contribution in [2.24, 2.45) is 10.3 Å². The fourth-order valence-corrected chi connectivity index (χ4v) is 5.87. The molecular formula is C24H30N6O2S. The van der Waals surface area contributed by atoms with E-state index in [1.54, 1.807) is 16.9 Å². The molecule has 0 bridgehead atoms. The Hall–Kier alpha value is -3.12. The third kappa shape index (κ3) is 5.11. The van der Waals surface area contributed by atoms with Crippen LogP contribution in [-0.4, -0.2) is 56.1 Å². The van der Waals surface area contributed by atoms with Gasteiger partial charge in [0, 0.05) is 41.9 Å². The molecule has 1 aliphatic rings. The maximum absolute atomic E-state index is 12.9. The van der Waals surface area contributed by atoms with Gasteiger partial charge in [0.15, 0.2) is 0 Å². The normalized spacial score (nSPS) is 15.7. The van der Waals surface area contributed by atoms with E-state index in [2.05, 4.69) is 39.3 Å². The van der Waals surface area contributed by atoms with E-state index in [-0.39, 0.29) is 6.10 Å². The second kappa shape index (κ2) is 9.40. The molecule has 3 aromatic rings. The first kappa shape index (κ1) is 23.1. The van der Waals surface area contributed by atoms with Crippen molar-refractivity contribution in [3.05, 3.63) is 42.4 Å². The van der Waals surface area contributed by atoms with Gasteiger partial charge in [-0.3, -0.25) is 0 Å². The molecule has 1 saturated heterocycles. The summed E-state index contributed by atoms with van der Waals surface area (Å²) in [6, 6.07) is 8.13. The Kier molecular flexibility index (Phi) is 6.56. The Morgan fingerprint density at radius 1 is 1.21 bits per heavy atom. The van der Waals surface area contributed by atoms with Crippen molar-refractivity contribution in [2.45, 2.75) is 33.8 Å². The SMILES string of the molecule is CC(C)CN=S1(=O)CCN(c2ccc(-c3cc(OC(C)C)cn4ncc(C#N)c34)cn2)CC1. The number of fused-ring (bicyclic) bond motifs is 1. The highest BCUT2D eigenvalue weighted by atomic mass is 32.2. The maximum atomic E-state index is 12.9. The Morgan fingerprint density at radius 2 is 1.97 bits per heavy atom. The van der Waals surface area contributed by atoms with E-state index in [0.717, 1.165) is 22.5 Å². The average molecular weight is 467 g/mol. The number of pyridine rings is 2. The number of rotatable bonds is 6. The summed E-state index contributed by atoms with van der Waals surface area (Å²) >= 11 is 0. The van der Waals surface area contributed by atoms with Gasteiger partial charge in [-0.05, 0) is 38.0 Å². The van der Waals surface area contributed by atoms with Gasteiger partial charge in [-0.2, -0.15) is 10.4 Å². The largest absolute Gasteiger partial charge is 0.489 e. The Morgan fingerprint density at radius 3 is 2.58 bits per heavy atom. The number of nitrogens with zero attached hydrogens (tertiary/aromatic N) is 6. The van der Waals surface area contributed by atoms with Crippen LogP contribution in [-0.2, 0) is 9.73 Å². The molecular weight excluding hydrogens is 436 g/mol. The molecule has 8 nitrogen and oxygen atoms in total. The molecule has 33 heavy (non-hydrogen) atoms. The van der Waals surface area contributed by atoms with Crippen LogP contribution in [0.3, 0.4) is 0 Å². The topological polar surface area (TPSA) is 95.9 Å². The summed E-state index contributed by atoms with van der Waals surface area (Å²) in [4.78, 5) is 6.85. The summed E-state index contributed by atoms with van der Waals surface area (Å²) in [7, 11) is -2.12. The van der Waals surface area contributed by atoms with Crippen molar-refractivity contribution in [1.82, 2.24) is 14.6 Å². The molecule has 174 valence electrons. The first-order valence-corrected chi connectivity index (χ1v) is 13.1. The zero-order chi connectivity index (χ0) is 23.6. The summed E-state index contributed by atoms with van der Waals surface area (Å²) in [6.45, 7) is 10.1. The lowest BCUT2D eigenvalue weighted by atomic mass is 10.1. The number of nitriles is 1. The van der Waals surface area contributed by atoms with Crippen molar-refractivity contribution in [3.8, 4) is 22.9 Å². The number of hydrogen-bond donors (Lipinski definition) is 0. The van der Waals surface area contributed by atoms with Gasteiger partial charge in [-0.1, -0.05) is 13.8 Å². The molecule has 0 N–H and O–H groups in total. The van der Waals surface area contributed by atoms with Crippen LogP contribution in [0.1, 0.15) is 33.3 Å². The summed E-state index contributed by atoms with van der Waals surface area (Å²) in [5.74, 6) is 3.09. The maximum Gasteiger partial charge on any atom is 0.138 e. The molecule has 1 aliphatic heterocycles. The fourth-order valence-electron chi connectivity index (χ4n) is 3.83. The van der Waals surface area contributed by atoms with Crippen LogP contribution in [0.4, 0.5) is 5.82 Å². The molecule has 0 unspecified atom stereocenters. The number of hydrogen-bond acceptors (Lipinski definition) is 7. The molecule has 0 atom stereocenters. The molecule has 1 fully saturated rings. The lowest BCUT2D eigenvalue weighted by Crippen LogP contribution is -2.40. The van der Waals surface area contributed by atoms with Crippen molar-refractivity contribution in [1.29, 1.82) is 5.26 Å². The number of aromatic nitrogens is 3. The molecule has 0 aliphatic carbocycles. The highest BCUT2D eigenvalue weighted by molar-refractivity contribution is 7.93. The van der Waals surface area contributed by atoms with Gasteiger partial charge >= 0.3 is 0 Å². The Labute approximate surface area is 195 Å². The van der Waals surface area contributed by atoms with Crippen LogP contribution in [0.25, 0.3) is 16.6 Å². The van der Waals surface area contributed by atoms with Gasteiger partial charge in [0.2, 0.25) is 0 Å². The summed E-state index contributed by atoms with van der Waals surface area (Å²) in [5, 5.41) is 13.9. The minimum absolute atomic E-state index is 0.0171. The molecule has 4 rings (SSSR count). The van der Waals surface area contributed by atoms with Crippen LogP contribution >= 0.6 is 0 Å². The van der Waals surface area contributed by atoms with Crippen molar-refractivity contribution >= 4 is 21.1 Å². The molecule has 0 spiro atoms. The van der Waals surface area contributed by atoms with Crippen LogP contribution in [0, 0.1) is 17.2 Å². The molecule has 9 heteroatoms. The average Bonchev–Trinajstić information content (AvgIpc) is 3.21. The second-order valence-electron chi connectivity index (χ2n) is 9.00. The third-order valence-corrected chi connectivity index (χ3v) is 7.76. The number of anilines is 1. The molecule has 0 amide bonds. The van der Waals surface area contributed by atoms with Gasteiger partial charge in [0.05, 0.1) is 45.9 Å². The zero-order valence-corrected chi connectivity index (χ0v) is 20.4. The van der Waals surface area contributed by atoms with E-state index in [1.807, 2.05) is 38.2 Å². The minimum Gasteiger partial charge on any atom is -0.489 e. The van der Waals surface area contributed by atoms with Gasteiger partial charge < -0.3 is 9.64 Å². The van der Waals surface area contributed by atoms with E-state index >= 15 is 0 Å². The summed E-state index contributed by atoms with van der Waals surface area (Å²) in [6.07, 6.45) is 5.18. The van der Waals surface area contributed by atoms with E-state index in [1.165, 1.54) is 0 Å². The molecule has 4 heterocycles. The van der Waals surface area contributed by atoms with Crippen LogP contribution in [0.5, 0.6) is 5.75 Å². The predicted molar refractivity (Wildman–Crippen MR) is 131 cm³/mol. The van der Waals surface area contributed by atoms with E-state index < -0.39 is 9.73 Å². The lowest BCUT2D eigenvalue weighted by Gasteiger charge is -2.30. The van der Waals surface area contributed by atoms with Crippen LogP contribution in [0.2, 0.25) is 0 Å². The minimum atomic E-state index is -2.12. The predicted octanol–water partition coefficient (Wildman–Crippen LogP) is 4.00. The fraction of sp³-hybridized carbons (Fsp3) is 0.458. The smallest absolute Gasteiger partial charge is 0.138 e. The molecule has 0 saturated carbocycles. The lowest BCUT2D eigenvalue weighted by molar-refractivity contribution is 0.241. The first-order chi connectivity index (χ1) is 15.8. The summed E-state index contributed by atoms with van der Waals surface area (Å²) < 4.78 is 25.0. The van der Waals surface area contributed by atoms with E-state index in [9.17, 15) is 9.47 Å². The number of ether oxygens (including phenoxy) is 1. The van der Waals surface area contributed by atoms with Crippen LogP contribution in [0.15, 0.2) is 41.2 Å². The quantitative estimate of drug-likeness (QED) is 0.545. The standard InChI is InChI=1S/C24H30N6O2S/c1-17(2)13-28-33(31)9-7-29(8-10-33)23-6-5-19(14-26-23)22-11-21(32-18(3)4)16-30-24(22)20(12-25)15-27-30/h5-6,11,14-18H,7-10,13H2,1-4H3. The van der Waals surface area contributed by atoms with Gasteiger partial charge in [-0.15, -0.1) is 0 Å². The molecule has 0 aromatic carbocycles. The van der Waals surface area contributed by atoms with E-state index in [4.69, 9.17) is 4.74 Å². The van der Waals surface area contributed by atoms with Crippen molar-refractivity contribution < 1.29 is 8.95 Å². The second-order valence-corrected chi connectivity index (χ2v) is 11.6. The van der Waals surface area contributed by atoms with Crippen LogP contribution < -0.4 is 9.64 Å². The Balaban J connectivity index is 1.60. The van der Waals surface area contributed by atoms with Gasteiger partial charge in [0.1, 0.15) is 17.6 Å². The van der Waals surface area contributed by atoms with Gasteiger partial charge in [0.25, 0.3) is 0 Å². The third-order valence-electron chi connectivity index (χ3n) is 5.50. The monoisotopic (exact) mass is 466 g/mol. The highest BCUT2D eigenvalue weighted by Gasteiger charge is 2.22. The Bertz CT molecular complexity index is 1280. The highest BCUT2D eigenvalue weighted by Crippen LogP contribution is 2.31. The zero-order valence-electron chi connectivity index (χ0n) is 19.6. The first-order valence-electron chi connectivity index (χ1n) is 11.3. The van der Waals surface area contributed by atoms with E-state index in [0.29, 0.717) is 48.4 Å². The summed E-state index contributed by atoms with van der Waals surface area (Å²) in [5.41, 5.74) is 2.95. The molecule has 0 radical (unpaired) electrons. The van der Waals surface area contributed by atoms with Crippen molar-refractivity contribution in [2.75, 3.05) is 36.0 Å². The molecule has 3 aromatic heterocycles. The van der Waals surface area contributed by atoms with Gasteiger partial charge in [-0.25, -0.2) is 18.1 Å². The van der Waals surface area contributed by atoms with Crippen molar-refractivity contribution in [3.63, 3.8) is 0 Å².